The summed E-state index contributed by atoms with van der Waals surface area (Å²) in [5.41, 5.74) is -0.562. The Balaban J connectivity index is 2.43. The maximum Gasteiger partial charge on any atom is 0.416 e. The second-order valence-electron chi connectivity index (χ2n) is 5.72. The van der Waals surface area contributed by atoms with Crippen molar-refractivity contribution in [3.63, 3.8) is 0 Å². The SMILES string of the molecule is CCC1CCC(C(=O)O)C(c2ccccc2C(F)(F)F)C1. The maximum absolute atomic E-state index is 13.2. The standard InChI is InChI=1S/C16H19F3O2/c1-2-10-7-8-12(15(20)21)13(9-10)11-5-3-4-6-14(11)16(17,18)19/h3-6,10,12-13H,2,7-9H2,1H3,(H,20,21). The van der Waals surface area contributed by atoms with Gasteiger partial charge in [0.05, 0.1) is 11.5 Å². The zero-order chi connectivity index (χ0) is 15.6. The fraction of sp³-hybridized carbons (Fsp3) is 0.562. The van der Waals surface area contributed by atoms with Crippen LogP contribution < -0.4 is 0 Å². The third-order valence-corrected chi connectivity index (χ3v) is 4.52. The quantitative estimate of drug-likeness (QED) is 0.878. The molecule has 0 spiro atoms. The van der Waals surface area contributed by atoms with Gasteiger partial charge in [-0.05, 0) is 42.7 Å². The van der Waals surface area contributed by atoms with Crippen molar-refractivity contribution in [1.82, 2.24) is 0 Å². The first kappa shape index (κ1) is 15.9. The summed E-state index contributed by atoms with van der Waals surface area (Å²) in [7, 11) is 0. The largest absolute Gasteiger partial charge is 0.481 e. The molecule has 2 rings (SSSR count). The number of hydrogen-bond donors (Lipinski definition) is 1. The minimum atomic E-state index is -4.45. The summed E-state index contributed by atoms with van der Waals surface area (Å²) in [6.07, 6.45) is -1.83. The molecule has 2 nitrogen and oxygen atoms in total. The van der Waals surface area contributed by atoms with Gasteiger partial charge in [-0.3, -0.25) is 4.79 Å². The molecule has 0 bridgehead atoms. The van der Waals surface area contributed by atoms with Crippen LogP contribution in [0.5, 0.6) is 0 Å². The molecule has 1 saturated carbocycles. The van der Waals surface area contributed by atoms with Crippen LogP contribution >= 0.6 is 0 Å². The highest BCUT2D eigenvalue weighted by Crippen LogP contribution is 2.45. The summed E-state index contributed by atoms with van der Waals surface area (Å²) in [5.74, 6) is -1.98. The van der Waals surface area contributed by atoms with Crippen LogP contribution in [-0.4, -0.2) is 11.1 Å². The minimum Gasteiger partial charge on any atom is -0.481 e. The summed E-state index contributed by atoms with van der Waals surface area (Å²) >= 11 is 0. The molecule has 3 atom stereocenters. The Morgan fingerprint density at radius 1 is 1.29 bits per heavy atom. The molecule has 1 aromatic carbocycles. The number of halogens is 3. The van der Waals surface area contributed by atoms with Crippen molar-refractivity contribution in [2.24, 2.45) is 11.8 Å². The summed E-state index contributed by atoms with van der Waals surface area (Å²) in [4.78, 5) is 11.4. The van der Waals surface area contributed by atoms with Crippen molar-refractivity contribution in [2.45, 2.75) is 44.7 Å². The molecular formula is C16H19F3O2. The monoisotopic (exact) mass is 300 g/mol. The normalized spacial score (nSPS) is 26.6. The van der Waals surface area contributed by atoms with Crippen LogP contribution in [0.4, 0.5) is 13.2 Å². The molecule has 0 aromatic heterocycles. The Kier molecular flexibility index (Phi) is 4.59. The molecule has 0 radical (unpaired) electrons. The van der Waals surface area contributed by atoms with Gasteiger partial charge >= 0.3 is 12.1 Å². The lowest BCUT2D eigenvalue weighted by molar-refractivity contribution is -0.145. The molecule has 5 heteroatoms. The zero-order valence-corrected chi connectivity index (χ0v) is 11.9. The van der Waals surface area contributed by atoms with Gasteiger partial charge in [0.1, 0.15) is 0 Å². The number of rotatable bonds is 3. The van der Waals surface area contributed by atoms with E-state index < -0.39 is 29.5 Å². The minimum absolute atomic E-state index is 0.135. The lowest BCUT2D eigenvalue weighted by Gasteiger charge is -2.35. The number of carboxylic acid groups (broad SMARTS) is 1. The first-order valence-electron chi connectivity index (χ1n) is 7.23. The van der Waals surface area contributed by atoms with E-state index in [0.717, 1.165) is 18.9 Å². The third-order valence-electron chi connectivity index (χ3n) is 4.52. The van der Waals surface area contributed by atoms with Gasteiger partial charge in [-0.25, -0.2) is 0 Å². The van der Waals surface area contributed by atoms with Gasteiger partial charge in [-0.15, -0.1) is 0 Å². The highest BCUT2D eigenvalue weighted by molar-refractivity contribution is 5.71. The van der Waals surface area contributed by atoms with Crippen molar-refractivity contribution < 1.29 is 23.1 Å². The molecule has 0 amide bonds. The Morgan fingerprint density at radius 2 is 1.95 bits per heavy atom. The molecule has 116 valence electrons. The van der Waals surface area contributed by atoms with Crippen molar-refractivity contribution in [2.75, 3.05) is 0 Å². The van der Waals surface area contributed by atoms with E-state index >= 15 is 0 Å². The van der Waals surface area contributed by atoms with Crippen LogP contribution in [0.25, 0.3) is 0 Å². The van der Waals surface area contributed by atoms with Crippen molar-refractivity contribution in [3.05, 3.63) is 35.4 Å². The molecule has 1 fully saturated rings. The van der Waals surface area contributed by atoms with E-state index in [9.17, 15) is 23.1 Å². The third kappa shape index (κ3) is 3.39. The van der Waals surface area contributed by atoms with Crippen molar-refractivity contribution in [1.29, 1.82) is 0 Å². The number of hydrogen-bond acceptors (Lipinski definition) is 1. The molecule has 1 aliphatic carbocycles. The lowest BCUT2D eigenvalue weighted by atomic mass is 9.69. The molecule has 1 N–H and O–H groups in total. The summed E-state index contributed by atoms with van der Waals surface area (Å²) in [5, 5.41) is 9.34. The van der Waals surface area contributed by atoms with Gasteiger partial charge in [-0.1, -0.05) is 31.5 Å². The molecule has 0 saturated heterocycles. The van der Waals surface area contributed by atoms with Gasteiger partial charge in [0.2, 0.25) is 0 Å². The molecule has 0 aliphatic heterocycles. The van der Waals surface area contributed by atoms with Crippen LogP contribution in [0.1, 0.15) is 49.7 Å². The van der Waals surface area contributed by atoms with E-state index in [1.54, 1.807) is 6.07 Å². The molecule has 1 aliphatic rings. The van der Waals surface area contributed by atoms with E-state index in [1.165, 1.54) is 12.1 Å². The van der Waals surface area contributed by atoms with Gasteiger partial charge < -0.3 is 5.11 Å². The van der Waals surface area contributed by atoms with Gasteiger partial charge in [0.25, 0.3) is 0 Å². The van der Waals surface area contributed by atoms with Gasteiger partial charge in [-0.2, -0.15) is 13.2 Å². The molecule has 0 heterocycles. The zero-order valence-electron chi connectivity index (χ0n) is 11.9. The number of alkyl halides is 3. The Hall–Kier alpha value is -1.52. The van der Waals surface area contributed by atoms with Crippen molar-refractivity contribution in [3.8, 4) is 0 Å². The van der Waals surface area contributed by atoms with E-state index in [4.69, 9.17) is 0 Å². The summed E-state index contributed by atoms with van der Waals surface area (Å²) in [6.45, 7) is 2.00. The Labute approximate surface area is 122 Å². The van der Waals surface area contributed by atoms with Crippen molar-refractivity contribution >= 4 is 5.97 Å². The molecular weight excluding hydrogens is 281 g/mol. The van der Waals surface area contributed by atoms with Gasteiger partial charge in [0, 0.05) is 0 Å². The van der Waals surface area contributed by atoms with Gasteiger partial charge in [0.15, 0.2) is 0 Å². The number of carbonyl (C=O) groups is 1. The fourth-order valence-electron chi connectivity index (χ4n) is 3.35. The van der Waals surface area contributed by atoms with Crippen LogP contribution in [0.2, 0.25) is 0 Å². The van der Waals surface area contributed by atoms with E-state index in [1.807, 2.05) is 6.92 Å². The molecule has 3 unspecified atom stereocenters. The summed E-state index contributed by atoms with van der Waals surface area (Å²) in [6, 6.07) is 5.38. The average molecular weight is 300 g/mol. The molecule has 1 aromatic rings. The van der Waals surface area contributed by atoms with Crippen LogP contribution in [0.3, 0.4) is 0 Å². The second kappa shape index (κ2) is 6.08. The van der Waals surface area contributed by atoms with Crippen LogP contribution in [-0.2, 0) is 11.0 Å². The van der Waals surface area contributed by atoms with E-state index in [2.05, 4.69) is 0 Å². The number of benzene rings is 1. The molecule has 21 heavy (non-hydrogen) atoms. The average Bonchev–Trinajstić information content (AvgIpc) is 2.45. The highest BCUT2D eigenvalue weighted by Gasteiger charge is 2.41. The predicted octanol–water partition coefficient (Wildman–Crippen LogP) is 4.70. The Morgan fingerprint density at radius 3 is 2.52 bits per heavy atom. The highest BCUT2D eigenvalue weighted by atomic mass is 19.4. The van der Waals surface area contributed by atoms with Crippen LogP contribution in [0, 0.1) is 11.8 Å². The maximum atomic E-state index is 13.2. The first-order valence-corrected chi connectivity index (χ1v) is 7.23. The van der Waals surface area contributed by atoms with Crippen LogP contribution in [0.15, 0.2) is 24.3 Å². The first-order chi connectivity index (χ1) is 9.84. The Bertz CT molecular complexity index is 510. The second-order valence-corrected chi connectivity index (χ2v) is 5.72. The van der Waals surface area contributed by atoms with E-state index in [0.29, 0.717) is 18.8 Å². The number of carboxylic acids is 1. The van der Waals surface area contributed by atoms with E-state index in [-0.39, 0.29) is 5.56 Å². The number of aliphatic carboxylic acids is 1. The lowest BCUT2D eigenvalue weighted by Crippen LogP contribution is -2.30. The topological polar surface area (TPSA) is 37.3 Å². The summed E-state index contributed by atoms with van der Waals surface area (Å²) < 4.78 is 39.5. The smallest absolute Gasteiger partial charge is 0.416 e. The predicted molar refractivity (Wildman–Crippen MR) is 72.9 cm³/mol. The fourth-order valence-corrected chi connectivity index (χ4v) is 3.35.